The summed E-state index contributed by atoms with van der Waals surface area (Å²) in [6.45, 7) is -0.137. The molecule has 7 heteroatoms. The van der Waals surface area contributed by atoms with Gasteiger partial charge in [-0.3, -0.25) is 18.7 Å². The first kappa shape index (κ1) is 16.5. The Hall–Kier alpha value is -3.35. The zero-order valence-corrected chi connectivity index (χ0v) is 13.9. The van der Waals surface area contributed by atoms with E-state index >= 15 is 0 Å². The van der Waals surface area contributed by atoms with Gasteiger partial charge >= 0.3 is 5.69 Å². The third-order valence-corrected chi connectivity index (χ3v) is 4.03. The molecule has 0 aliphatic rings. The predicted molar refractivity (Wildman–Crippen MR) is 95.6 cm³/mol. The Labute approximate surface area is 143 Å². The van der Waals surface area contributed by atoms with E-state index in [1.54, 1.807) is 37.4 Å². The van der Waals surface area contributed by atoms with Crippen LogP contribution in [-0.4, -0.2) is 28.0 Å². The number of para-hydroxylation sites is 3. The van der Waals surface area contributed by atoms with Crippen molar-refractivity contribution >= 4 is 28.5 Å². The number of rotatable bonds is 4. The molecule has 0 spiro atoms. The third kappa shape index (κ3) is 3.03. The molecule has 7 nitrogen and oxygen atoms in total. The average Bonchev–Trinajstić information content (AvgIpc) is 2.87. The second kappa shape index (κ2) is 6.64. The van der Waals surface area contributed by atoms with Crippen LogP contribution < -0.4 is 16.3 Å². The lowest BCUT2D eigenvalue weighted by Gasteiger charge is -2.10. The van der Waals surface area contributed by atoms with E-state index in [1.165, 1.54) is 16.2 Å². The SMILES string of the molecule is CNC(=O)c1ccccc1NC(=O)Cn1c(=O)n(C)c2ccccc21. The van der Waals surface area contributed by atoms with Crippen LogP contribution in [0, 0.1) is 0 Å². The number of aryl methyl sites for hydroxylation is 1. The van der Waals surface area contributed by atoms with Crippen molar-refractivity contribution in [3.05, 3.63) is 64.6 Å². The van der Waals surface area contributed by atoms with Gasteiger partial charge in [0.25, 0.3) is 5.91 Å². The third-order valence-electron chi connectivity index (χ3n) is 4.03. The van der Waals surface area contributed by atoms with Gasteiger partial charge in [-0.2, -0.15) is 0 Å². The first-order valence-electron chi connectivity index (χ1n) is 7.78. The molecule has 3 rings (SSSR count). The van der Waals surface area contributed by atoms with E-state index in [0.717, 1.165) is 5.52 Å². The molecule has 0 atom stereocenters. The van der Waals surface area contributed by atoms with Crippen LogP contribution in [0.1, 0.15) is 10.4 Å². The molecule has 2 N–H and O–H groups in total. The smallest absolute Gasteiger partial charge is 0.329 e. The van der Waals surface area contributed by atoms with Gasteiger partial charge in [-0.25, -0.2) is 4.79 Å². The fraction of sp³-hybridized carbons (Fsp3) is 0.167. The van der Waals surface area contributed by atoms with Crippen molar-refractivity contribution < 1.29 is 9.59 Å². The molecule has 0 saturated heterocycles. The van der Waals surface area contributed by atoms with Gasteiger partial charge < -0.3 is 10.6 Å². The van der Waals surface area contributed by atoms with Crippen LogP contribution in [0.25, 0.3) is 11.0 Å². The largest absolute Gasteiger partial charge is 0.355 e. The molecule has 3 aromatic rings. The Balaban J connectivity index is 1.89. The molecular weight excluding hydrogens is 320 g/mol. The summed E-state index contributed by atoms with van der Waals surface area (Å²) >= 11 is 0. The monoisotopic (exact) mass is 338 g/mol. The number of nitrogens with zero attached hydrogens (tertiary/aromatic N) is 2. The zero-order valence-electron chi connectivity index (χ0n) is 13.9. The van der Waals surface area contributed by atoms with Gasteiger partial charge in [0, 0.05) is 14.1 Å². The molecule has 25 heavy (non-hydrogen) atoms. The maximum Gasteiger partial charge on any atom is 0.329 e. The summed E-state index contributed by atoms with van der Waals surface area (Å²) in [6.07, 6.45) is 0. The normalized spacial score (nSPS) is 10.6. The van der Waals surface area contributed by atoms with Gasteiger partial charge in [-0.15, -0.1) is 0 Å². The van der Waals surface area contributed by atoms with Crippen molar-refractivity contribution in [2.24, 2.45) is 7.05 Å². The molecule has 2 aromatic carbocycles. The number of nitrogens with one attached hydrogen (secondary N) is 2. The van der Waals surface area contributed by atoms with Crippen LogP contribution in [0.3, 0.4) is 0 Å². The van der Waals surface area contributed by atoms with Gasteiger partial charge in [0.15, 0.2) is 0 Å². The molecule has 1 heterocycles. The number of carbonyl (C=O) groups excluding carboxylic acids is 2. The second-order valence-corrected chi connectivity index (χ2v) is 5.59. The fourth-order valence-corrected chi connectivity index (χ4v) is 2.77. The molecule has 1 aromatic heterocycles. The number of amides is 2. The topological polar surface area (TPSA) is 85.1 Å². The highest BCUT2D eigenvalue weighted by Gasteiger charge is 2.15. The molecule has 0 unspecified atom stereocenters. The van der Waals surface area contributed by atoms with Gasteiger partial charge in [0.05, 0.1) is 22.3 Å². The van der Waals surface area contributed by atoms with E-state index in [4.69, 9.17) is 0 Å². The Morgan fingerprint density at radius 3 is 2.36 bits per heavy atom. The van der Waals surface area contributed by atoms with E-state index < -0.39 is 0 Å². The van der Waals surface area contributed by atoms with E-state index in [2.05, 4.69) is 10.6 Å². The number of carbonyl (C=O) groups is 2. The van der Waals surface area contributed by atoms with E-state index in [1.807, 2.05) is 18.2 Å². The van der Waals surface area contributed by atoms with Crippen molar-refractivity contribution in [1.82, 2.24) is 14.5 Å². The molecule has 0 fully saturated rings. The van der Waals surface area contributed by atoms with Crippen molar-refractivity contribution in [2.45, 2.75) is 6.54 Å². The van der Waals surface area contributed by atoms with Crippen LogP contribution >= 0.6 is 0 Å². The lowest BCUT2D eigenvalue weighted by molar-refractivity contribution is -0.116. The van der Waals surface area contributed by atoms with Crippen LogP contribution in [0.4, 0.5) is 5.69 Å². The summed E-state index contributed by atoms with van der Waals surface area (Å²) in [4.78, 5) is 36.7. The predicted octanol–water partition coefficient (Wildman–Crippen LogP) is 1.34. The minimum atomic E-state index is -0.380. The average molecular weight is 338 g/mol. The van der Waals surface area contributed by atoms with E-state index in [9.17, 15) is 14.4 Å². The summed E-state index contributed by atoms with van der Waals surface area (Å²) in [5.41, 5.74) is 1.94. The standard InChI is InChI=1S/C18H18N4O3/c1-19-17(24)12-7-3-4-8-13(12)20-16(23)11-22-15-10-6-5-9-14(15)21(2)18(22)25/h3-10H,11H2,1-2H3,(H,19,24)(H,20,23). The quantitative estimate of drug-likeness (QED) is 0.753. The number of benzene rings is 2. The van der Waals surface area contributed by atoms with Crippen LogP contribution in [0.15, 0.2) is 53.3 Å². The van der Waals surface area contributed by atoms with Crippen LogP contribution in [-0.2, 0) is 18.4 Å². The lowest BCUT2D eigenvalue weighted by atomic mass is 10.1. The van der Waals surface area contributed by atoms with Crippen molar-refractivity contribution in [2.75, 3.05) is 12.4 Å². The number of fused-ring (bicyclic) bond motifs is 1. The zero-order chi connectivity index (χ0) is 18.0. The summed E-state index contributed by atoms with van der Waals surface area (Å²) in [5, 5.41) is 5.24. The number of anilines is 1. The molecule has 0 aliphatic carbocycles. The summed E-state index contributed by atoms with van der Waals surface area (Å²) in [6, 6.07) is 14.0. The van der Waals surface area contributed by atoms with Gasteiger partial charge in [0.2, 0.25) is 5.91 Å². The molecule has 0 aliphatic heterocycles. The van der Waals surface area contributed by atoms with Gasteiger partial charge in [-0.05, 0) is 24.3 Å². The van der Waals surface area contributed by atoms with E-state index in [0.29, 0.717) is 16.8 Å². The Morgan fingerprint density at radius 2 is 1.64 bits per heavy atom. The first-order valence-corrected chi connectivity index (χ1v) is 7.78. The van der Waals surface area contributed by atoms with E-state index in [-0.39, 0.29) is 24.0 Å². The van der Waals surface area contributed by atoms with Gasteiger partial charge in [-0.1, -0.05) is 24.3 Å². The highest BCUT2D eigenvalue weighted by atomic mass is 16.2. The first-order chi connectivity index (χ1) is 12.0. The molecule has 0 saturated carbocycles. The fourth-order valence-electron chi connectivity index (χ4n) is 2.77. The highest BCUT2D eigenvalue weighted by Crippen LogP contribution is 2.16. The Bertz CT molecular complexity index is 1020. The summed E-state index contributed by atoms with van der Waals surface area (Å²) < 4.78 is 2.91. The summed E-state index contributed by atoms with van der Waals surface area (Å²) in [7, 11) is 3.19. The molecule has 0 bridgehead atoms. The lowest BCUT2D eigenvalue weighted by Crippen LogP contribution is -2.29. The number of hydrogen-bond acceptors (Lipinski definition) is 3. The Morgan fingerprint density at radius 1 is 1.00 bits per heavy atom. The summed E-state index contributed by atoms with van der Waals surface area (Å²) in [5.74, 6) is -0.673. The van der Waals surface area contributed by atoms with Crippen molar-refractivity contribution in [3.63, 3.8) is 0 Å². The molecule has 0 radical (unpaired) electrons. The number of aromatic nitrogens is 2. The van der Waals surface area contributed by atoms with Crippen LogP contribution in [0.5, 0.6) is 0 Å². The number of imidazole rings is 1. The molecular formula is C18H18N4O3. The number of hydrogen-bond donors (Lipinski definition) is 2. The van der Waals surface area contributed by atoms with Gasteiger partial charge in [0.1, 0.15) is 6.54 Å². The highest BCUT2D eigenvalue weighted by molar-refractivity contribution is 6.03. The van der Waals surface area contributed by atoms with Crippen LogP contribution in [0.2, 0.25) is 0 Å². The molecule has 2 amide bonds. The maximum atomic E-state index is 12.4. The molecule has 128 valence electrons. The minimum Gasteiger partial charge on any atom is -0.355 e. The van der Waals surface area contributed by atoms with Crippen molar-refractivity contribution in [1.29, 1.82) is 0 Å². The minimum absolute atomic E-state index is 0.137. The maximum absolute atomic E-state index is 12.4. The van der Waals surface area contributed by atoms with Crippen molar-refractivity contribution in [3.8, 4) is 0 Å². The second-order valence-electron chi connectivity index (χ2n) is 5.59. The Kier molecular flexibility index (Phi) is 4.38.